The summed E-state index contributed by atoms with van der Waals surface area (Å²) in [6.07, 6.45) is -1.61. The van der Waals surface area contributed by atoms with Crippen LogP contribution < -0.4 is 0 Å². The summed E-state index contributed by atoms with van der Waals surface area (Å²) in [4.78, 5) is 59.3. The van der Waals surface area contributed by atoms with Crippen LogP contribution >= 0.6 is 7.82 Å². The molecule has 0 rings (SSSR count). The van der Waals surface area contributed by atoms with Crippen molar-refractivity contribution in [1.29, 1.82) is 0 Å². The molecule has 7 N–H and O–H groups in total. The number of phosphoric acid groups is 1. The zero-order chi connectivity index (χ0) is 16.2. The van der Waals surface area contributed by atoms with Gasteiger partial charge in [0.1, 0.15) is 12.8 Å². The van der Waals surface area contributed by atoms with E-state index in [4.69, 9.17) is 39.7 Å². The third-order valence-corrected chi connectivity index (χ3v) is 0.605. The van der Waals surface area contributed by atoms with Crippen molar-refractivity contribution in [3.63, 3.8) is 0 Å². The molecule has 0 unspecified atom stereocenters. The Balaban J connectivity index is -0.000000206. The molecule has 0 aromatic carbocycles. The van der Waals surface area contributed by atoms with Gasteiger partial charge in [0.2, 0.25) is 0 Å². The van der Waals surface area contributed by atoms with Crippen molar-refractivity contribution in [2.24, 2.45) is 0 Å². The second kappa shape index (κ2) is 11.1. The normalized spacial score (nSPS) is 9.00. The van der Waals surface area contributed by atoms with E-state index in [0.29, 0.717) is 0 Å². The minimum atomic E-state index is -4.64. The number of carbonyl (C=O) groups is 4. The van der Waals surface area contributed by atoms with E-state index in [1.165, 1.54) is 0 Å². The van der Waals surface area contributed by atoms with Gasteiger partial charge in [-0.25, -0.2) is 4.57 Å². The van der Waals surface area contributed by atoms with Gasteiger partial charge in [-0.1, -0.05) is 0 Å². The van der Waals surface area contributed by atoms with Crippen LogP contribution in [0.15, 0.2) is 0 Å². The Morgan fingerprint density at radius 1 is 0.632 bits per heavy atom. The third kappa shape index (κ3) is 87.2. The number of carboxylic acids is 4. The van der Waals surface area contributed by atoms with E-state index in [1.807, 2.05) is 0 Å². The lowest BCUT2D eigenvalue weighted by Gasteiger charge is -1.82. The van der Waals surface area contributed by atoms with Crippen molar-refractivity contribution >= 4 is 31.7 Å². The molecule has 0 bridgehead atoms. The molecule has 0 spiro atoms. The van der Waals surface area contributed by atoms with Crippen molar-refractivity contribution in [2.75, 3.05) is 0 Å². The molecule has 0 aliphatic carbocycles. The first-order chi connectivity index (χ1) is 8.25. The number of aliphatic carboxylic acids is 4. The van der Waals surface area contributed by atoms with Gasteiger partial charge in [0, 0.05) is 0 Å². The van der Waals surface area contributed by atoms with Crippen molar-refractivity contribution < 1.29 is 58.8 Å². The van der Waals surface area contributed by atoms with Crippen LogP contribution in [-0.4, -0.2) is 59.0 Å². The summed E-state index contributed by atoms with van der Waals surface area (Å²) in [5, 5.41) is 30.8. The van der Waals surface area contributed by atoms with Crippen LogP contribution in [0.3, 0.4) is 0 Å². The quantitative estimate of drug-likeness (QED) is 0.224. The van der Waals surface area contributed by atoms with Crippen LogP contribution in [-0.2, 0) is 23.7 Å². The lowest BCUT2D eigenvalue weighted by molar-refractivity contribution is -0.149. The highest BCUT2D eigenvalue weighted by Gasteiger charge is 2.02. The first-order valence-electron chi connectivity index (χ1n) is 3.91. The Morgan fingerprint density at radius 2 is 0.737 bits per heavy atom. The standard InChI is InChI=1S/2C3H4O4.H3O4P/c2*4-2(5)1-3(6)7;1-5(2,3)4/h2*1H2,(H,4,5)(H,6,7);(H3,1,2,3,4). The molecule has 112 valence electrons. The molecule has 0 fully saturated rings. The molecule has 12 nitrogen and oxygen atoms in total. The zero-order valence-electron chi connectivity index (χ0n) is 9.03. The van der Waals surface area contributed by atoms with Crippen LogP contribution in [0.2, 0.25) is 0 Å². The van der Waals surface area contributed by atoms with E-state index >= 15 is 0 Å². The van der Waals surface area contributed by atoms with Gasteiger partial charge < -0.3 is 35.1 Å². The lowest BCUT2D eigenvalue weighted by atomic mass is 10.5. The summed E-state index contributed by atoms with van der Waals surface area (Å²) in [5.74, 6) is -5.25. The zero-order valence-corrected chi connectivity index (χ0v) is 9.93. The van der Waals surface area contributed by atoms with Gasteiger partial charge >= 0.3 is 31.7 Å². The molecule has 0 amide bonds. The number of hydrogen-bond acceptors (Lipinski definition) is 5. The largest absolute Gasteiger partial charge is 0.481 e. The maximum Gasteiger partial charge on any atom is 0.466 e. The second-order valence-corrected chi connectivity index (χ2v) is 3.47. The van der Waals surface area contributed by atoms with E-state index < -0.39 is 44.5 Å². The molecular formula is C6H11O12P. The maximum absolute atomic E-state index is 9.43. The predicted octanol–water partition coefficient (Wildman–Crippen LogP) is -1.84. The molecule has 0 aromatic rings. The van der Waals surface area contributed by atoms with Crippen molar-refractivity contribution in [2.45, 2.75) is 12.8 Å². The SMILES string of the molecule is O=C(O)CC(=O)O.O=C(O)CC(=O)O.O=P(O)(O)O. The fourth-order valence-corrected chi connectivity index (χ4v) is 0.259. The average Bonchev–Trinajstić information content (AvgIpc) is 1.93. The molecule has 0 radical (unpaired) electrons. The summed E-state index contributed by atoms with van der Waals surface area (Å²) in [6.45, 7) is 0. The fourth-order valence-electron chi connectivity index (χ4n) is 0.259. The summed E-state index contributed by atoms with van der Waals surface area (Å²) in [6, 6.07) is 0. The Labute approximate surface area is 104 Å². The Hall–Kier alpha value is -2.01. The van der Waals surface area contributed by atoms with Crippen LogP contribution in [0.5, 0.6) is 0 Å². The molecule has 13 heteroatoms. The molecule has 0 saturated heterocycles. The van der Waals surface area contributed by atoms with Crippen molar-refractivity contribution in [3.05, 3.63) is 0 Å². The van der Waals surface area contributed by atoms with Crippen LogP contribution in [0.25, 0.3) is 0 Å². The smallest absolute Gasteiger partial charge is 0.466 e. The predicted molar refractivity (Wildman–Crippen MR) is 54.0 cm³/mol. The summed E-state index contributed by atoms with van der Waals surface area (Å²) >= 11 is 0. The average molecular weight is 306 g/mol. The van der Waals surface area contributed by atoms with E-state index in [-0.39, 0.29) is 0 Å². The van der Waals surface area contributed by atoms with Gasteiger partial charge in [-0.05, 0) is 0 Å². The Bertz CT molecular complexity index is 308. The monoisotopic (exact) mass is 306 g/mol. The molecular weight excluding hydrogens is 295 g/mol. The lowest BCUT2D eigenvalue weighted by Crippen LogP contribution is -2.03. The minimum Gasteiger partial charge on any atom is -0.481 e. The Kier molecular flexibility index (Phi) is 13.0. The first kappa shape index (κ1) is 22.2. The van der Waals surface area contributed by atoms with Crippen LogP contribution in [0.1, 0.15) is 12.8 Å². The molecule has 0 saturated carbocycles. The first-order valence-corrected chi connectivity index (χ1v) is 5.47. The number of carboxylic acid groups (broad SMARTS) is 4. The van der Waals surface area contributed by atoms with Gasteiger partial charge in [0.05, 0.1) is 0 Å². The fraction of sp³-hybridized carbons (Fsp3) is 0.333. The van der Waals surface area contributed by atoms with E-state index in [0.717, 1.165) is 0 Å². The molecule has 0 aliphatic heterocycles. The van der Waals surface area contributed by atoms with Gasteiger partial charge in [-0.15, -0.1) is 0 Å². The van der Waals surface area contributed by atoms with Gasteiger partial charge in [-0.3, -0.25) is 19.2 Å². The van der Waals surface area contributed by atoms with Crippen LogP contribution in [0.4, 0.5) is 0 Å². The maximum atomic E-state index is 9.43. The number of hydrogen-bond donors (Lipinski definition) is 7. The van der Waals surface area contributed by atoms with Crippen molar-refractivity contribution in [1.82, 2.24) is 0 Å². The summed E-state index contributed by atoms with van der Waals surface area (Å²) in [5.41, 5.74) is 0. The number of rotatable bonds is 4. The Morgan fingerprint density at radius 3 is 0.737 bits per heavy atom. The molecule has 0 aromatic heterocycles. The van der Waals surface area contributed by atoms with Gasteiger partial charge in [-0.2, -0.15) is 0 Å². The van der Waals surface area contributed by atoms with Gasteiger partial charge in [0.25, 0.3) is 0 Å². The van der Waals surface area contributed by atoms with Crippen LogP contribution in [0, 0.1) is 0 Å². The van der Waals surface area contributed by atoms with E-state index in [2.05, 4.69) is 0 Å². The highest BCUT2D eigenvalue weighted by molar-refractivity contribution is 7.45. The second-order valence-electron chi connectivity index (χ2n) is 2.44. The van der Waals surface area contributed by atoms with Gasteiger partial charge in [0.15, 0.2) is 0 Å². The van der Waals surface area contributed by atoms with E-state index in [1.54, 1.807) is 0 Å². The summed E-state index contributed by atoms with van der Waals surface area (Å²) < 4.78 is 8.88. The molecule has 0 aliphatic rings. The highest BCUT2D eigenvalue weighted by Crippen LogP contribution is 2.25. The third-order valence-electron chi connectivity index (χ3n) is 0.605. The topological polar surface area (TPSA) is 227 Å². The van der Waals surface area contributed by atoms with Crippen molar-refractivity contribution in [3.8, 4) is 0 Å². The summed E-state index contributed by atoms with van der Waals surface area (Å²) in [7, 11) is -4.64. The van der Waals surface area contributed by atoms with E-state index in [9.17, 15) is 19.2 Å². The minimum absolute atomic E-state index is 0.806. The molecule has 19 heavy (non-hydrogen) atoms. The molecule has 0 atom stereocenters. The highest BCUT2D eigenvalue weighted by atomic mass is 31.2. The molecule has 0 heterocycles.